The van der Waals surface area contributed by atoms with E-state index in [0.717, 1.165) is 12.8 Å². The number of benzene rings is 8. The Bertz CT molecular complexity index is 2700. The van der Waals surface area contributed by atoms with Crippen molar-refractivity contribution in [1.82, 2.24) is 0 Å². The van der Waals surface area contributed by atoms with Crippen LogP contribution in [0.3, 0.4) is 0 Å². The summed E-state index contributed by atoms with van der Waals surface area (Å²) in [5, 5.41) is 5.30. The first-order valence-electron chi connectivity index (χ1n) is 18.3. The highest BCUT2D eigenvalue weighted by molar-refractivity contribution is 6.20. The van der Waals surface area contributed by atoms with Gasteiger partial charge in [-0.25, -0.2) is 0 Å². The third kappa shape index (κ3) is 5.32. The summed E-state index contributed by atoms with van der Waals surface area (Å²) in [6, 6.07) is 64.4. The molecule has 0 heteroatoms. The zero-order valence-electron chi connectivity index (χ0n) is 28.9. The molecule has 0 heterocycles. The van der Waals surface area contributed by atoms with Crippen molar-refractivity contribution in [3.05, 3.63) is 226 Å². The second kappa shape index (κ2) is 12.7. The molecule has 8 aromatic carbocycles. The number of rotatable bonds is 6. The average molecular weight is 661 g/mol. The predicted molar refractivity (Wildman–Crippen MR) is 223 cm³/mol. The van der Waals surface area contributed by atoms with Gasteiger partial charge in [-0.15, -0.1) is 0 Å². The minimum Gasteiger partial charge on any atom is -0.0622 e. The molecule has 0 saturated heterocycles. The standard InChI is InChI=1S/C52H36/c1-3-13-37(14-4-1)49(38-15-5-2-6-16-38)29-35-23-25-36(26-24-35)43-27-28-48-50(34-43)52(45-32-41-19-9-10-20-42(41)33-45)47-22-12-11-21-46(47)51(48)44-30-39-17-7-8-18-40(39)31-44/h1-30,32,34H,31,33H2. The third-order valence-electron chi connectivity index (χ3n) is 10.9. The molecule has 0 aromatic heterocycles. The van der Waals surface area contributed by atoms with Crippen molar-refractivity contribution in [2.75, 3.05) is 0 Å². The minimum atomic E-state index is 0.944. The monoisotopic (exact) mass is 660 g/mol. The van der Waals surface area contributed by atoms with E-state index in [1.165, 1.54) is 99.5 Å². The molecule has 0 atom stereocenters. The first kappa shape index (κ1) is 30.3. The highest BCUT2D eigenvalue weighted by atomic mass is 14.3. The van der Waals surface area contributed by atoms with Gasteiger partial charge in [-0.05, 0) is 124 Å². The lowest BCUT2D eigenvalue weighted by Gasteiger charge is -2.20. The van der Waals surface area contributed by atoms with E-state index < -0.39 is 0 Å². The molecule has 0 bridgehead atoms. The molecule has 0 radical (unpaired) electrons. The SMILES string of the molecule is C(=C(c1ccccc1)c1ccccc1)c1ccc(-c2ccc3c(C4=Cc5ccccc5C4)c4ccccc4c(C4=Cc5ccccc5C4)c3c2)cc1. The second-order valence-electron chi connectivity index (χ2n) is 14.1. The lowest BCUT2D eigenvalue weighted by atomic mass is 9.84. The number of hydrogen-bond acceptors (Lipinski definition) is 0. The topological polar surface area (TPSA) is 0 Å². The molecule has 0 spiro atoms. The number of hydrogen-bond donors (Lipinski definition) is 0. The van der Waals surface area contributed by atoms with E-state index >= 15 is 0 Å². The normalized spacial score (nSPS) is 13.1. The van der Waals surface area contributed by atoms with Crippen LogP contribution in [0, 0.1) is 0 Å². The summed E-state index contributed by atoms with van der Waals surface area (Å²) in [6.45, 7) is 0. The second-order valence-corrected chi connectivity index (χ2v) is 14.1. The van der Waals surface area contributed by atoms with E-state index in [2.05, 4.69) is 194 Å². The van der Waals surface area contributed by atoms with Gasteiger partial charge in [0.05, 0.1) is 0 Å². The zero-order chi connectivity index (χ0) is 34.4. The molecular formula is C52H36. The molecule has 0 aliphatic heterocycles. The maximum Gasteiger partial charge on any atom is -0.00132 e. The first-order chi connectivity index (χ1) is 25.8. The Hall–Kier alpha value is -6.50. The van der Waals surface area contributed by atoms with E-state index in [4.69, 9.17) is 0 Å². The summed E-state index contributed by atoms with van der Waals surface area (Å²) in [6.07, 6.45) is 9.04. The maximum absolute atomic E-state index is 2.46. The summed E-state index contributed by atoms with van der Waals surface area (Å²) in [5.41, 5.74) is 18.3. The van der Waals surface area contributed by atoms with Gasteiger partial charge in [0.1, 0.15) is 0 Å². The molecule has 0 fully saturated rings. The molecule has 10 rings (SSSR count). The van der Waals surface area contributed by atoms with Crippen LogP contribution in [0.1, 0.15) is 50.1 Å². The highest BCUT2D eigenvalue weighted by Gasteiger charge is 2.24. The molecule has 2 aliphatic carbocycles. The molecule has 8 aromatic rings. The van der Waals surface area contributed by atoms with Gasteiger partial charge in [0.2, 0.25) is 0 Å². The highest BCUT2D eigenvalue weighted by Crippen LogP contribution is 2.46. The molecule has 0 unspecified atom stereocenters. The van der Waals surface area contributed by atoms with Gasteiger partial charge in [-0.1, -0.05) is 182 Å². The Kier molecular flexibility index (Phi) is 7.40. The van der Waals surface area contributed by atoms with Crippen LogP contribution in [-0.2, 0) is 12.8 Å². The molecular weight excluding hydrogens is 625 g/mol. The smallest absolute Gasteiger partial charge is 0.00132 e. The van der Waals surface area contributed by atoms with Crippen molar-refractivity contribution in [1.29, 1.82) is 0 Å². The lowest BCUT2D eigenvalue weighted by Crippen LogP contribution is -1.97. The summed E-state index contributed by atoms with van der Waals surface area (Å²) >= 11 is 0. The van der Waals surface area contributed by atoms with Crippen molar-refractivity contribution in [2.24, 2.45) is 0 Å². The van der Waals surface area contributed by atoms with Crippen molar-refractivity contribution < 1.29 is 0 Å². The van der Waals surface area contributed by atoms with Crippen LogP contribution >= 0.6 is 0 Å². The molecule has 0 amide bonds. The summed E-state index contributed by atoms with van der Waals surface area (Å²) in [5.74, 6) is 0. The largest absolute Gasteiger partial charge is 0.0622 e. The molecule has 0 saturated carbocycles. The van der Waals surface area contributed by atoms with Crippen LogP contribution in [0.15, 0.2) is 176 Å². The summed E-state index contributed by atoms with van der Waals surface area (Å²) in [7, 11) is 0. The molecule has 2 aliphatic rings. The van der Waals surface area contributed by atoms with E-state index in [9.17, 15) is 0 Å². The number of allylic oxidation sites excluding steroid dienone is 2. The van der Waals surface area contributed by atoms with E-state index in [1.54, 1.807) is 0 Å². The Balaban J connectivity index is 1.13. The summed E-state index contributed by atoms with van der Waals surface area (Å²) < 4.78 is 0. The lowest BCUT2D eigenvalue weighted by molar-refractivity contribution is 1.32. The van der Waals surface area contributed by atoms with Crippen molar-refractivity contribution in [3.8, 4) is 11.1 Å². The molecule has 0 N–H and O–H groups in total. The third-order valence-corrected chi connectivity index (χ3v) is 10.9. The average Bonchev–Trinajstić information content (AvgIpc) is 3.84. The fourth-order valence-electron chi connectivity index (χ4n) is 8.44. The van der Waals surface area contributed by atoms with Crippen LogP contribution in [0.5, 0.6) is 0 Å². The molecule has 244 valence electrons. The Morgan fingerprint density at radius 2 is 0.846 bits per heavy atom. The zero-order valence-corrected chi connectivity index (χ0v) is 28.9. The van der Waals surface area contributed by atoms with Crippen LogP contribution in [0.4, 0.5) is 0 Å². The fraction of sp³-hybridized carbons (Fsp3) is 0.0385. The van der Waals surface area contributed by atoms with Gasteiger partial charge >= 0.3 is 0 Å². The van der Waals surface area contributed by atoms with E-state index in [-0.39, 0.29) is 0 Å². The molecule has 52 heavy (non-hydrogen) atoms. The van der Waals surface area contributed by atoms with Crippen LogP contribution in [-0.4, -0.2) is 0 Å². The Morgan fingerprint density at radius 3 is 1.40 bits per heavy atom. The quantitative estimate of drug-likeness (QED) is 0.123. The van der Waals surface area contributed by atoms with Crippen molar-refractivity contribution in [2.45, 2.75) is 12.8 Å². The summed E-state index contributed by atoms with van der Waals surface area (Å²) in [4.78, 5) is 0. The van der Waals surface area contributed by atoms with Crippen LogP contribution < -0.4 is 0 Å². The van der Waals surface area contributed by atoms with Gasteiger partial charge in [0.15, 0.2) is 0 Å². The molecule has 0 nitrogen and oxygen atoms in total. The van der Waals surface area contributed by atoms with Crippen molar-refractivity contribution >= 4 is 56.5 Å². The number of fused-ring (bicyclic) bond motifs is 4. The minimum absolute atomic E-state index is 0.944. The predicted octanol–water partition coefficient (Wildman–Crippen LogP) is 13.4. The fourth-order valence-corrected chi connectivity index (χ4v) is 8.44. The van der Waals surface area contributed by atoms with E-state index in [0.29, 0.717) is 0 Å². The van der Waals surface area contributed by atoms with Gasteiger partial charge in [0, 0.05) is 0 Å². The first-order valence-corrected chi connectivity index (χ1v) is 18.3. The Morgan fingerprint density at radius 1 is 0.385 bits per heavy atom. The van der Waals surface area contributed by atoms with Gasteiger partial charge in [-0.3, -0.25) is 0 Å². The van der Waals surface area contributed by atoms with E-state index in [1.807, 2.05) is 0 Å². The Labute approximate surface area is 305 Å². The van der Waals surface area contributed by atoms with Crippen LogP contribution in [0.25, 0.3) is 67.6 Å². The van der Waals surface area contributed by atoms with Crippen molar-refractivity contribution in [3.63, 3.8) is 0 Å². The van der Waals surface area contributed by atoms with Gasteiger partial charge < -0.3 is 0 Å². The maximum atomic E-state index is 2.46. The van der Waals surface area contributed by atoms with Crippen LogP contribution in [0.2, 0.25) is 0 Å². The van der Waals surface area contributed by atoms with Gasteiger partial charge in [-0.2, -0.15) is 0 Å². The van der Waals surface area contributed by atoms with Gasteiger partial charge in [0.25, 0.3) is 0 Å².